The minimum Gasteiger partial charge on any atom is -0.399 e. The van der Waals surface area contributed by atoms with Gasteiger partial charge in [-0.25, -0.2) is 0 Å². The number of amides is 1. The molecule has 0 fully saturated rings. The summed E-state index contributed by atoms with van der Waals surface area (Å²) < 4.78 is 41.0. The van der Waals surface area contributed by atoms with Gasteiger partial charge in [0.15, 0.2) is 11.0 Å². The number of rotatable bonds is 6. The molecular weight excluding hydrogens is 403 g/mol. The first-order chi connectivity index (χ1) is 13.8. The topological polar surface area (TPSA) is 85.8 Å². The maximum Gasteiger partial charge on any atom is 0.418 e. The third-order valence-electron chi connectivity index (χ3n) is 4.04. The fourth-order valence-electron chi connectivity index (χ4n) is 2.68. The van der Waals surface area contributed by atoms with Gasteiger partial charge >= 0.3 is 6.18 Å². The van der Waals surface area contributed by atoms with Crippen molar-refractivity contribution in [3.63, 3.8) is 0 Å². The molecule has 1 heterocycles. The second-order valence-electron chi connectivity index (χ2n) is 6.05. The molecule has 3 aromatic rings. The van der Waals surface area contributed by atoms with Crippen LogP contribution in [-0.2, 0) is 17.5 Å². The first kappa shape index (κ1) is 20.7. The molecule has 0 aliphatic carbocycles. The zero-order valence-electron chi connectivity index (χ0n) is 15.4. The fourth-order valence-corrected chi connectivity index (χ4v) is 3.48. The van der Waals surface area contributed by atoms with Gasteiger partial charge in [-0.15, -0.1) is 10.2 Å². The Hall–Kier alpha value is -3.01. The molecule has 1 amide bonds. The number of thioether (sulfide) groups is 1. The smallest absolute Gasteiger partial charge is 0.399 e. The molecule has 0 unspecified atom stereocenters. The van der Waals surface area contributed by atoms with E-state index in [9.17, 15) is 18.0 Å². The van der Waals surface area contributed by atoms with E-state index in [-0.39, 0.29) is 11.4 Å². The Morgan fingerprint density at radius 3 is 2.48 bits per heavy atom. The largest absolute Gasteiger partial charge is 0.418 e. The van der Waals surface area contributed by atoms with Crippen LogP contribution in [-0.4, -0.2) is 26.4 Å². The Morgan fingerprint density at radius 2 is 1.83 bits per heavy atom. The van der Waals surface area contributed by atoms with Gasteiger partial charge in [-0.3, -0.25) is 4.79 Å². The Bertz CT molecular complexity index is 1000. The highest BCUT2D eigenvalue weighted by Gasteiger charge is 2.33. The highest BCUT2D eigenvalue weighted by molar-refractivity contribution is 7.99. The Morgan fingerprint density at radius 1 is 1.14 bits per heavy atom. The number of hydrogen-bond donors (Lipinski definition) is 2. The van der Waals surface area contributed by atoms with E-state index in [0.717, 1.165) is 23.4 Å². The van der Waals surface area contributed by atoms with Crippen LogP contribution >= 0.6 is 11.8 Å². The zero-order valence-corrected chi connectivity index (χ0v) is 16.2. The molecule has 152 valence electrons. The van der Waals surface area contributed by atoms with Crippen molar-refractivity contribution in [2.24, 2.45) is 0 Å². The van der Waals surface area contributed by atoms with Crippen LogP contribution in [0.2, 0.25) is 0 Å². The van der Waals surface area contributed by atoms with Crippen LogP contribution in [0.1, 0.15) is 12.5 Å². The molecule has 29 heavy (non-hydrogen) atoms. The average Bonchev–Trinajstić information content (AvgIpc) is 3.09. The highest BCUT2D eigenvalue weighted by atomic mass is 32.2. The van der Waals surface area contributed by atoms with Crippen LogP contribution in [0.4, 0.5) is 24.5 Å². The van der Waals surface area contributed by atoms with Gasteiger partial charge < -0.3 is 15.6 Å². The van der Waals surface area contributed by atoms with Crippen molar-refractivity contribution in [2.75, 3.05) is 16.8 Å². The van der Waals surface area contributed by atoms with Crippen LogP contribution in [0, 0.1) is 0 Å². The molecule has 10 heteroatoms. The Labute approximate surface area is 169 Å². The third-order valence-corrected chi connectivity index (χ3v) is 5.01. The number of nitrogens with two attached hydrogens (primary N) is 1. The maximum atomic E-state index is 13.1. The molecule has 6 nitrogen and oxygen atoms in total. The summed E-state index contributed by atoms with van der Waals surface area (Å²) in [6.45, 7) is 2.47. The van der Waals surface area contributed by atoms with Gasteiger partial charge in [0.1, 0.15) is 0 Å². The number of nitrogen functional groups attached to an aromatic ring is 1. The number of para-hydroxylation sites is 1. The number of carbonyl (C=O) groups is 1. The van der Waals surface area contributed by atoms with E-state index >= 15 is 0 Å². The Balaban J connectivity index is 1.71. The van der Waals surface area contributed by atoms with E-state index in [1.807, 2.05) is 23.6 Å². The van der Waals surface area contributed by atoms with Crippen molar-refractivity contribution < 1.29 is 18.0 Å². The SMILES string of the molecule is CCn1c(SCC(=O)Nc2ccccc2C(F)(F)F)nnc1-c1ccc(N)cc1. The van der Waals surface area contributed by atoms with Crippen molar-refractivity contribution >= 4 is 29.0 Å². The molecule has 0 bridgehead atoms. The number of anilines is 2. The van der Waals surface area contributed by atoms with Gasteiger partial charge in [0, 0.05) is 17.8 Å². The van der Waals surface area contributed by atoms with Gasteiger partial charge in [0.2, 0.25) is 5.91 Å². The molecule has 0 saturated heterocycles. The lowest BCUT2D eigenvalue weighted by Gasteiger charge is -2.13. The quantitative estimate of drug-likeness (QED) is 0.458. The number of hydrogen-bond acceptors (Lipinski definition) is 5. The van der Waals surface area contributed by atoms with E-state index in [4.69, 9.17) is 5.73 Å². The van der Waals surface area contributed by atoms with Crippen LogP contribution < -0.4 is 11.1 Å². The highest BCUT2D eigenvalue weighted by Crippen LogP contribution is 2.34. The van der Waals surface area contributed by atoms with Crippen LogP contribution in [0.3, 0.4) is 0 Å². The van der Waals surface area contributed by atoms with E-state index in [1.165, 1.54) is 18.2 Å². The molecule has 1 aromatic heterocycles. The van der Waals surface area contributed by atoms with Gasteiger partial charge in [-0.2, -0.15) is 13.2 Å². The average molecular weight is 421 g/mol. The summed E-state index contributed by atoms with van der Waals surface area (Å²) in [6, 6.07) is 12.0. The normalized spacial score (nSPS) is 11.4. The van der Waals surface area contributed by atoms with Gasteiger partial charge in [0.05, 0.1) is 17.0 Å². The van der Waals surface area contributed by atoms with E-state index in [0.29, 0.717) is 23.2 Å². The van der Waals surface area contributed by atoms with E-state index < -0.39 is 17.6 Å². The number of carbonyl (C=O) groups excluding carboxylic acids is 1. The molecule has 0 aliphatic heterocycles. The van der Waals surface area contributed by atoms with Crippen molar-refractivity contribution in [1.29, 1.82) is 0 Å². The summed E-state index contributed by atoms with van der Waals surface area (Å²) >= 11 is 1.10. The number of halogens is 3. The van der Waals surface area contributed by atoms with Crippen molar-refractivity contribution in [2.45, 2.75) is 24.8 Å². The molecule has 0 aliphatic rings. The van der Waals surface area contributed by atoms with Crippen molar-refractivity contribution in [3.05, 3.63) is 54.1 Å². The molecule has 0 saturated carbocycles. The number of alkyl halides is 3. The molecule has 0 spiro atoms. The first-order valence-electron chi connectivity index (χ1n) is 8.67. The summed E-state index contributed by atoms with van der Waals surface area (Å²) in [5.41, 5.74) is 5.99. The second-order valence-corrected chi connectivity index (χ2v) is 7.00. The minimum atomic E-state index is -4.55. The van der Waals surface area contributed by atoms with Crippen LogP contribution in [0.15, 0.2) is 53.7 Å². The van der Waals surface area contributed by atoms with Crippen LogP contribution in [0.25, 0.3) is 11.4 Å². The second kappa shape index (κ2) is 8.56. The lowest BCUT2D eigenvalue weighted by molar-refractivity contribution is -0.137. The number of nitrogens with one attached hydrogen (secondary N) is 1. The van der Waals surface area contributed by atoms with Gasteiger partial charge in [0.25, 0.3) is 0 Å². The number of aromatic nitrogens is 3. The molecule has 0 radical (unpaired) electrons. The summed E-state index contributed by atoms with van der Waals surface area (Å²) in [6.07, 6.45) is -4.55. The summed E-state index contributed by atoms with van der Waals surface area (Å²) in [7, 11) is 0. The fraction of sp³-hybridized carbons (Fsp3) is 0.211. The standard InChI is InChI=1S/C19H18F3N5OS/c1-2-27-17(12-7-9-13(23)10-8-12)25-26-18(27)29-11-16(28)24-15-6-4-3-5-14(15)19(20,21)22/h3-10H,2,11,23H2,1H3,(H,24,28). The maximum absolute atomic E-state index is 13.1. The first-order valence-corrected chi connectivity index (χ1v) is 9.66. The third kappa shape index (κ3) is 4.89. The Kier molecular flexibility index (Phi) is 6.12. The summed E-state index contributed by atoms with van der Waals surface area (Å²) in [4.78, 5) is 12.2. The summed E-state index contributed by atoms with van der Waals surface area (Å²) in [5.74, 6) is -0.0456. The van der Waals surface area contributed by atoms with Crippen LogP contribution in [0.5, 0.6) is 0 Å². The zero-order chi connectivity index (χ0) is 21.0. The number of nitrogens with zero attached hydrogens (tertiary/aromatic N) is 3. The van der Waals surface area contributed by atoms with Crippen molar-refractivity contribution in [3.8, 4) is 11.4 Å². The lowest BCUT2D eigenvalue weighted by Crippen LogP contribution is -2.18. The van der Waals surface area contributed by atoms with Gasteiger partial charge in [-0.05, 0) is 43.3 Å². The van der Waals surface area contributed by atoms with E-state index in [2.05, 4.69) is 15.5 Å². The molecular formula is C19H18F3N5OS. The monoisotopic (exact) mass is 421 g/mol. The predicted octanol–water partition coefficient (Wildman–Crippen LogP) is 4.30. The van der Waals surface area contributed by atoms with Gasteiger partial charge in [-0.1, -0.05) is 23.9 Å². The molecule has 3 N–H and O–H groups in total. The number of benzene rings is 2. The summed E-state index contributed by atoms with van der Waals surface area (Å²) in [5, 5.41) is 11.1. The lowest BCUT2D eigenvalue weighted by atomic mass is 10.1. The predicted molar refractivity (Wildman–Crippen MR) is 106 cm³/mol. The van der Waals surface area contributed by atoms with Crippen molar-refractivity contribution in [1.82, 2.24) is 14.8 Å². The minimum absolute atomic E-state index is 0.105. The molecule has 3 rings (SSSR count). The molecule has 2 aromatic carbocycles. The van der Waals surface area contributed by atoms with E-state index in [1.54, 1.807) is 12.1 Å². The molecule has 0 atom stereocenters.